The van der Waals surface area contributed by atoms with Crippen molar-refractivity contribution < 1.29 is 9.90 Å². The van der Waals surface area contributed by atoms with Gasteiger partial charge in [-0.1, -0.05) is 84.1 Å². The summed E-state index contributed by atoms with van der Waals surface area (Å²) in [5, 5.41) is 47.2. The van der Waals surface area contributed by atoms with Crippen LogP contribution in [0.4, 0.5) is 17.2 Å². The van der Waals surface area contributed by atoms with Crippen molar-refractivity contribution in [2.75, 3.05) is 5.32 Å². The minimum atomic E-state index is -0.498. The van der Waals surface area contributed by atoms with Crippen LogP contribution < -0.4 is 5.32 Å². The molecule has 2 heterocycles. The molecular weight excluding hydrogens is 524 g/mol. The average Bonchev–Trinajstić information content (AvgIpc) is 3.64. The highest BCUT2D eigenvalue weighted by molar-refractivity contribution is 7.17. The van der Waals surface area contributed by atoms with Crippen molar-refractivity contribution in [3.05, 3.63) is 108 Å². The van der Waals surface area contributed by atoms with Gasteiger partial charge in [0, 0.05) is 11.3 Å². The van der Waals surface area contributed by atoms with Gasteiger partial charge in [0.2, 0.25) is 5.13 Å². The fraction of sp³-hybridized carbons (Fsp3) is 0. The van der Waals surface area contributed by atoms with Crippen molar-refractivity contribution in [3.8, 4) is 27.5 Å². The number of carbonyl (C=O) groups excluding carboxylic acids is 1. The Labute approximate surface area is 231 Å². The predicted molar refractivity (Wildman–Crippen MR) is 151 cm³/mol. The van der Waals surface area contributed by atoms with Crippen LogP contribution in [-0.4, -0.2) is 31.0 Å². The second-order valence-electron chi connectivity index (χ2n) is 8.52. The molecule has 0 radical (unpaired) electrons. The zero-order valence-electron chi connectivity index (χ0n) is 20.6. The number of rotatable bonds is 6. The van der Waals surface area contributed by atoms with E-state index in [0.29, 0.717) is 26.6 Å². The van der Waals surface area contributed by atoms with E-state index in [2.05, 4.69) is 36.9 Å². The van der Waals surface area contributed by atoms with E-state index in [9.17, 15) is 15.2 Å². The lowest BCUT2D eigenvalue weighted by Gasteiger charge is -2.12. The Kier molecular flexibility index (Phi) is 6.50. The summed E-state index contributed by atoms with van der Waals surface area (Å²) in [5.74, 6) is -0.731. The number of nitrogens with zero attached hydrogens (tertiary/aromatic N) is 7. The molecular formula is C29H18N8O2S. The molecule has 0 fully saturated rings. The first-order chi connectivity index (χ1) is 19.6. The highest BCUT2D eigenvalue weighted by atomic mass is 32.1. The second kappa shape index (κ2) is 10.6. The van der Waals surface area contributed by atoms with E-state index in [0.717, 1.165) is 5.56 Å². The highest BCUT2D eigenvalue weighted by Gasteiger charge is 2.21. The number of aromatic nitrogens is 4. The van der Waals surface area contributed by atoms with Crippen LogP contribution in [0.3, 0.4) is 0 Å². The summed E-state index contributed by atoms with van der Waals surface area (Å²) in [6.07, 6.45) is 1.36. The molecule has 6 rings (SSSR count). The standard InChI is InChI=1S/C29H18N8O2S/c30-16-20-17-31-37(29-36-35-28(40-29)18-9-3-1-4-10-18)26(20)34-33-23-15-19-11-7-8-14-22(19)24(25(23)38)27(39)32-21-12-5-2-6-13-21/h1-15,17,38H,(H,32,39)/b34-33+. The Morgan fingerprint density at radius 3 is 2.45 bits per heavy atom. The maximum atomic E-state index is 13.3. The lowest BCUT2D eigenvalue weighted by Crippen LogP contribution is -2.12. The maximum absolute atomic E-state index is 13.3. The van der Waals surface area contributed by atoms with Crippen molar-refractivity contribution in [2.24, 2.45) is 10.2 Å². The van der Waals surface area contributed by atoms with E-state index in [1.807, 2.05) is 48.5 Å². The third-order valence-corrected chi connectivity index (χ3v) is 6.94. The quantitative estimate of drug-likeness (QED) is 0.222. The Bertz CT molecular complexity index is 1920. The molecule has 40 heavy (non-hydrogen) atoms. The first-order valence-corrected chi connectivity index (χ1v) is 12.8. The second-order valence-corrected chi connectivity index (χ2v) is 9.48. The summed E-state index contributed by atoms with van der Waals surface area (Å²) in [7, 11) is 0. The van der Waals surface area contributed by atoms with Gasteiger partial charge >= 0.3 is 0 Å². The molecule has 192 valence electrons. The van der Waals surface area contributed by atoms with E-state index in [-0.39, 0.29) is 28.4 Å². The smallest absolute Gasteiger partial charge is 0.260 e. The maximum Gasteiger partial charge on any atom is 0.260 e. The van der Waals surface area contributed by atoms with Gasteiger partial charge in [0.25, 0.3) is 5.91 Å². The first-order valence-electron chi connectivity index (χ1n) is 12.0. The molecule has 0 spiro atoms. The predicted octanol–water partition coefficient (Wildman–Crippen LogP) is 6.79. The van der Waals surface area contributed by atoms with Crippen molar-refractivity contribution >= 4 is 45.2 Å². The minimum Gasteiger partial charge on any atom is -0.505 e. The molecule has 0 bridgehead atoms. The van der Waals surface area contributed by atoms with E-state index in [1.165, 1.54) is 22.2 Å². The van der Waals surface area contributed by atoms with Crippen LogP contribution in [0.15, 0.2) is 107 Å². The van der Waals surface area contributed by atoms with Gasteiger partial charge < -0.3 is 10.4 Å². The number of hydrogen-bond acceptors (Lipinski definition) is 9. The number of hydrogen-bond donors (Lipinski definition) is 2. The Morgan fingerprint density at radius 2 is 1.68 bits per heavy atom. The fourth-order valence-electron chi connectivity index (χ4n) is 4.10. The zero-order chi connectivity index (χ0) is 27.5. The molecule has 0 saturated carbocycles. The number of nitriles is 1. The van der Waals surface area contributed by atoms with Gasteiger partial charge in [0.05, 0.1) is 11.8 Å². The van der Waals surface area contributed by atoms with E-state index in [1.54, 1.807) is 42.5 Å². The van der Waals surface area contributed by atoms with E-state index < -0.39 is 5.91 Å². The van der Waals surface area contributed by atoms with Gasteiger partial charge in [-0.25, -0.2) is 0 Å². The van der Waals surface area contributed by atoms with Gasteiger partial charge in [-0.3, -0.25) is 4.79 Å². The third-order valence-electron chi connectivity index (χ3n) is 5.99. The Balaban J connectivity index is 1.40. The summed E-state index contributed by atoms with van der Waals surface area (Å²) in [5.41, 5.74) is 1.74. The lowest BCUT2D eigenvalue weighted by molar-refractivity contribution is 0.102. The van der Waals surface area contributed by atoms with Crippen molar-refractivity contribution in [1.82, 2.24) is 20.0 Å². The molecule has 6 aromatic rings. The molecule has 0 aliphatic carbocycles. The molecule has 0 saturated heterocycles. The van der Waals surface area contributed by atoms with Crippen molar-refractivity contribution in [3.63, 3.8) is 0 Å². The average molecular weight is 543 g/mol. The number of para-hydroxylation sites is 1. The Morgan fingerprint density at radius 1 is 0.950 bits per heavy atom. The van der Waals surface area contributed by atoms with Crippen LogP contribution in [0.1, 0.15) is 15.9 Å². The lowest BCUT2D eigenvalue weighted by atomic mass is 10.0. The van der Waals surface area contributed by atoms with Gasteiger partial charge in [-0.2, -0.15) is 15.0 Å². The van der Waals surface area contributed by atoms with Crippen LogP contribution in [0, 0.1) is 11.3 Å². The third kappa shape index (κ3) is 4.66. The van der Waals surface area contributed by atoms with Crippen LogP contribution in [-0.2, 0) is 0 Å². The molecule has 0 atom stereocenters. The number of amides is 1. The molecule has 2 N–H and O–H groups in total. The number of carbonyl (C=O) groups is 1. The molecule has 0 aliphatic rings. The van der Waals surface area contributed by atoms with Crippen LogP contribution in [0.25, 0.3) is 26.5 Å². The number of phenolic OH excluding ortho intramolecular Hbond substituents is 1. The largest absolute Gasteiger partial charge is 0.505 e. The van der Waals surface area contributed by atoms with Gasteiger partial charge in [-0.05, 0) is 29.0 Å². The number of aromatic hydroxyl groups is 1. The normalized spacial score (nSPS) is 11.1. The molecule has 0 aliphatic heterocycles. The fourth-order valence-corrected chi connectivity index (χ4v) is 4.91. The minimum absolute atomic E-state index is 0.0517. The van der Waals surface area contributed by atoms with Gasteiger partial charge in [0.1, 0.15) is 22.3 Å². The van der Waals surface area contributed by atoms with Gasteiger partial charge in [0.15, 0.2) is 11.6 Å². The number of azo groups is 1. The number of fused-ring (bicyclic) bond motifs is 1. The van der Waals surface area contributed by atoms with Crippen molar-refractivity contribution in [1.29, 1.82) is 5.26 Å². The molecule has 2 aromatic heterocycles. The number of benzene rings is 4. The van der Waals surface area contributed by atoms with E-state index in [4.69, 9.17) is 0 Å². The molecule has 0 unspecified atom stereocenters. The summed E-state index contributed by atoms with van der Waals surface area (Å²) >= 11 is 1.28. The van der Waals surface area contributed by atoms with Crippen LogP contribution >= 0.6 is 11.3 Å². The van der Waals surface area contributed by atoms with Crippen LogP contribution in [0.5, 0.6) is 5.75 Å². The summed E-state index contributed by atoms with van der Waals surface area (Å²) in [4.78, 5) is 13.3. The summed E-state index contributed by atoms with van der Waals surface area (Å²) < 4.78 is 1.37. The topological polar surface area (TPSA) is 141 Å². The number of phenols is 1. The van der Waals surface area contributed by atoms with Gasteiger partial charge in [-0.15, -0.1) is 20.4 Å². The molecule has 1 amide bonds. The first kappa shape index (κ1) is 24.6. The number of nitrogens with one attached hydrogen (secondary N) is 1. The molecule has 10 nitrogen and oxygen atoms in total. The summed E-state index contributed by atoms with van der Waals surface area (Å²) in [6.45, 7) is 0. The Hall–Kier alpha value is -5.73. The van der Waals surface area contributed by atoms with Crippen molar-refractivity contribution in [2.45, 2.75) is 0 Å². The number of anilines is 1. The highest BCUT2D eigenvalue weighted by Crippen LogP contribution is 2.39. The SMILES string of the molecule is N#Cc1cnn(-c2nnc(-c3ccccc3)s2)c1/N=N/c1cc2ccccc2c(C(=O)Nc2ccccc2)c1O. The molecule has 4 aromatic carbocycles. The van der Waals surface area contributed by atoms with Crippen LogP contribution in [0.2, 0.25) is 0 Å². The monoisotopic (exact) mass is 542 g/mol. The molecule has 11 heteroatoms. The zero-order valence-corrected chi connectivity index (χ0v) is 21.4. The van der Waals surface area contributed by atoms with E-state index >= 15 is 0 Å². The summed E-state index contributed by atoms with van der Waals surface area (Å²) in [6, 6.07) is 29.3.